The molecule has 0 aliphatic heterocycles. The Kier molecular flexibility index (Phi) is 6.23. The second-order valence-corrected chi connectivity index (χ2v) is 12.8. The molecule has 0 saturated heterocycles. The zero-order chi connectivity index (χ0) is 27.5. The molecule has 0 fully saturated rings. The molecule has 1 aliphatic carbocycles. The smallest absolute Gasteiger partial charge is 0.223 e. The first-order chi connectivity index (χ1) is 18.5. The number of rotatable bonds is 3. The van der Waals surface area contributed by atoms with Crippen LogP contribution >= 0.6 is 11.6 Å². The molecule has 0 radical (unpaired) electrons. The number of hydrogen-bond acceptors (Lipinski definition) is 2. The van der Waals surface area contributed by atoms with Crippen LogP contribution < -0.4 is 0 Å². The molecule has 0 heterocycles. The summed E-state index contributed by atoms with van der Waals surface area (Å²) < 4.78 is 69.7. The Bertz CT molecular complexity index is 1840. The monoisotopic (exact) mass is 564 g/mol. The second-order valence-electron chi connectivity index (χ2n) is 10.2. The third-order valence-electron chi connectivity index (χ3n) is 7.88. The van der Waals surface area contributed by atoms with Crippen LogP contribution in [0, 0.1) is 6.92 Å². The summed E-state index contributed by atoms with van der Waals surface area (Å²) >= 11 is 6.11. The zero-order valence-corrected chi connectivity index (χ0v) is 22.5. The van der Waals surface area contributed by atoms with Gasteiger partial charge in [0.25, 0.3) is 0 Å². The highest BCUT2D eigenvalue weighted by molar-refractivity contribution is 7.91. The Labute approximate surface area is 230 Å². The van der Waals surface area contributed by atoms with Gasteiger partial charge >= 0.3 is 6.18 Å². The molecule has 2 nitrogen and oxygen atoms in total. The van der Waals surface area contributed by atoms with E-state index in [4.69, 9.17) is 11.6 Å². The molecule has 0 N–H and O–H groups in total. The SMILES string of the molecule is Cc1ccc(C(F)(F)F)cc1S(=O)(=O)[C@H]1C[C@H](c2ccc(Cl)cc2)Cc2ccc3c(ccc4ccccc43)c21. The van der Waals surface area contributed by atoms with E-state index in [9.17, 15) is 21.6 Å². The van der Waals surface area contributed by atoms with Gasteiger partial charge in [0.05, 0.1) is 15.7 Å². The van der Waals surface area contributed by atoms with Gasteiger partial charge in [-0.3, -0.25) is 0 Å². The maximum absolute atomic E-state index is 14.4. The lowest BCUT2D eigenvalue weighted by Gasteiger charge is -2.33. The van der Waals surface area contributed by atoms with Crippen LogP contribution in [0.3, 0.4) is 0 Å². The largest absolute Gasteiger partial charge is 0.416 e. The molecule has 1 aliphatic rings. The summed E-state index contributed by atoms with van der Waals surface area (Å²) in [6.45, 7) is 1.55. The van der Waals surface area contributed by atoms with Gasteiger partial charge < -0.3 is 0 Å². The molecule has 0 unspecified atom stereocenters. The molecule has 5 aromatic carbocycles. The number of hydrogen-bond donors (Lipinski definition) is 0. The van der Waals surface area contributed by atoms with Crippen molar-refractivity contribution in [3.63, 3.8) is 0 Å². The van der Waals surface area contributed by atoms with Crippen LogP contribution in [-0.4, -0.2) is 8.42 Å². The lowest BCUT2D eigenvalue weighted by molar-refractivity contribution is -0.137. The van der Waals surface area contributed by atoms with E-state index in [2.05, 4.69) is 0 Å². The van der Waals surface area contributed by atoms with Crippen molar-refractivity contribution >= 4 is 43.0 Å². The van der Waals surface area contributed by atoms with Crippen LogP contribution in [0.4, 0.5) is 13.2 Å². The number of fused-ring (bicyclic) bond motifs is 5. The molecule has 0 aromatic heterocycles. The van der Waals surface area contributed by atoms with Crippen LogP contribution in [0.15, 0.2) is 95.9 Å². The third-order valence-corrected chi connectivity index (χ3v) is 10.4. The summed E-state index contributed by atoms with van der Waals surface area (Å²) in [6, 6.07) is 26.1. The Morgan fingerprint density at radius 3 is 2.28 bits per heavy atom. The Hall–Kier alpha value is -3.35. The Balaban J connectivity index is 1.60. The highest BCUT2D eigenvalue weighted by Crippen LogP contribution is 2.49. The lowest BCUT2D eigenvalue weighted by atomic mass is 9.78. The zero-order valence-electron chi connectivity index (χ0n) is 21.0. The van der Waals surface area contributed by atoms with Gasteiger partial charge in [-0.15, -0.1) is 0 Å². The standard InChI is InChI=1S/C32H24ClF3O2S/c1-19-6-11-24(32(34,35)36)18-29(19)39(37,38)30-17-23(20-7-12-25(33)13-8-20)16-22-10-14-27-26-5-3-2-4-21(26)9-15-28(27)31(22)30/h2-15,18,23,30H,16-17H2,1H3/t23-,30+/m1/s1. The van der Waals surface area contributed by atoms with Crippen molar-refractivity contribution in [3.8, 4) is 0 Å². The molecule has 39 heavy (non-hydrogen) atoms. The summed E-state index contributed by atoms with van der Waals surface area (Å²) in [5.41, 5.74) is 1.84. The van der Waals surface area contributed by atoms with E-state index in [-0.39, 0.29) is 17.2 Å². The summed E-state index contributed by atoms with van der Waals surface area (Å²) in [4.78, 5) is -0.275. The fourth-order valence-corrected chi connectivity index (χ4v) is 8.26. The van der Waals surface area contributed by atoms with Gasteiger partial charge in [0.15, 0.2) is 9.84 Å². The number of aryl methyl sites for hydroxylation is 1. The summed E-state index contributed by atoms with van der Waals surface area (Å²) in [5, 5.41) is 3.35. The maximum Gasteiger partial charge on any atom is 0.416 e. The van der Waals surface area contributed by atoms with E-state index in [1.807, 2.05) is 60.7 Å². The lowest BCUT2D eigenvalue weighted by Crippen LogP contribution is -2.25. The van der Waals surface area contributed by atoms with Crippen LogP contribution in [0.25, 0.3) is 21.5 Å². The van der Waals surface area contributed by atoms with Gasteiger partial charge in [-0.05, 0) is 93.7 Å². The number of halogens is 4. The highest BCUT2D eigenvalue weighted by Gasteiger charge is 2.40. The first kappa shape index (κ1) is 25.9. The van der Waals surface area contributed by atoms with E-state index < -0.39 is 26.8 Å². The minimum Gasteiger partial charge on any atom is -0.223 e. The van der Waals surface area contributed by atoms with E-state index in [1.165, 1.54) is 6.07 Å². The van der Waals surface area contributed by atoms with Gasteiger partial charge in [-0.25, -0.2) is 8.42 Å². The van der Waals surface area contributed by atoms with Crippen molar-refractivity contribution in [1.29, 1.82) is 0 Å². The minimum atomic E-state index is -4.65. The molecule has 7 heteroatoms. The van der Waals surface area contributed by atoms with Gasteiger partial charge in [0.2, 0.25) is 0 Å². The summed E-state index contributed by atoms with van der Waals surface area (Å²) in [6.07, 6.45) is -3.79. The summed E-state index contributed by atoms with van der Waals surface area (Å²) in [5.74, 6) is -0.140. The topological polar surface area (TPSA) is 34.1 Å². The molecular formula is C32H24ClF3O2S. The fraction of sp³-hybridized carbons (Fsp3) is 0.188. The van der Waals surface area contributed by atoms with Gasteiger partial charge in [0.1, 0.15) is 0 Å². The maximum atomic E-state index is 14.4. The Morgan fingerprint density at radius 1 is 0.821 bits per heavy atom. The quantitative estimate of drug-likeness (QED) is 0.205. The van der Waals surface area contributed by atoms with Crippen molar-refractivity contribution in [2.75, 3.05) is 0 Å². The molecule has 0 amide bonds. The predicted molar refractivity (Wildman–Crippen MR) is 150 cm³/mol. The predicted octanol–water partition coefficient (Wildman–Crippen LogP) is 9.22. The summed E-state index contributed by atoms with van der Waals surface area (Å²) in [7, 11) is -4.21. The van der Waals surface area contributed by atoms with Crippen LogP contribution in [-0.2, 0) is 22.4 Å². The van der Waals surface area contributed by atoms with E-state index >= 15 is 0 Å². The third kappa shape index (κ3) is 4.50. The van der Waals surface area contributed by atoms with Crippen LogP contribution in [0.1, 0.15) is 45.4 Å². The highest BCUT2D eigenvalue weighted by atomic mass is 35.5. The molecular weight excluding hydrogens is 541 g/mol. The number of benzene rings is 5. The van der Waals surface area contributed by atoms with Crippen LogP contribution in [0.5, 0.6) is 0 Å². The fourth-order valence-electron chi connectivity index (χ4n) is 5.95. The molecule has 0 spiro atoms. The van der Waals surface area contributed by atoms with E-state index in [0.717, 1.165) is 44.8 Å². The van der Waals surface area contributed by atoms with E-state index in [0.29, 0.717) is 22.6 Å². The van der Waals surface area contributed by atoms with Crippen molar-refractivity contribution in [2.24, 2.45) is 0 Å². The average Bonchev–Trinajstić information content (AvgIpc) is 2.91. The molecule has 0 saturated carbocycles. The first-order valence-corrected chi connectivity index (χ1v) is 14.6. The molecule has 2 atom stereocenters. The normalized spacial score (nSPS) is 17.9. The number of sulfone groups is 1. The molecule has 6 rings (SSSR count). The Morgan fingerprint density at radius 2 is 1.54 bits per heavy atom. The van der Waals surface area contributed by atoms with Crippen molar-refractivity contribution in [1.82, 2.24) is 0 Å². The average molecular weight is 565 g/mol. The van der Waals surface area contributed by atoms with Gasteiger partial charge in [0, 0.05) is 5.02 Å². The second kappa shape index (κ2) is 9.39. The van der Waals surface area contributed by atoms with Crippen molar-refractivity contribution in [3.05, 3.63) is 124 Å². The molecule has 198 valence electrons. The van der Waals surface area contributed by atoms with Crippen LogP contribution in [0.2, 0.25) is 5.02 Å². The van der Waals surface area contributed by atoms with Crippen molar-refractivity contribution < 1.29 is 21.6 Å². The number of alkyl halides is 3. The molecule has 5 aromatic rings. The minimum absolute atomic E-state index is 0.140. The van der Waals surface area contributed by atoms with Crippen molar-refractivity contribution in [2.45, 2.75) is 42.0 Å². The van der Waals surface area contributed by atoms with E-state index in [1.54, 1.807) is 19.1 Å². The van der Waals surface area contributed by atoms with Gasteiger partial charge in [-0.1, -0.05) is 78.3 Å². The van der Waals surface area contributed by atoms with Gasteiger partial charge in [-0.2, -0.15) is 13.2 Å². The first-order valence-electron chi connectivity index (χ1n) is 12.6. The molecule has 0 bridgehead atoms.